The Bertz CT molecular complexity index is 382. The quantitative estimate of drug-likeness (QED) is 0.750. The first-order chi connectivity index (χ1) is 7.24. The van der Waals surface area contributed by atoms with Crippen molar-refractivity contribution in [1.29, 1.82) is 5.26 Å². The molecule has 1 saturated heterocycles. The molecule has 0 saturated carbocycles. The van der Waals surface area contributed by atoms with Crippen LogP contribution in [0, 0.1) is 17.2 Å². The lowest BCUT2D eigenvalue weighted by molar-refractivity contribution is 0.377. The van der Waals surface area contributed by atoms with Gasteiger partial charge in [0.1, 0.15) is 11.6 Å². The van der Waals surface area contributed by atoms with Gasteiger partial charge in [0.2, 0.25) is 0 Å². The lowest BCUT2D eigenvalue weighted by Crippen LogP contribution is -2.47. The summed E-state index contributed by atoms with van der Waals surface area (Å²) < 4.78 is 1.71. The van der Waals surface area contributed by atoms with Crippen molar-refractivity contribution in [3.05, 3.63) is 11.8 Å². The van der Waals surface area contributed by atoms with Crippen molar-refractivity contribution in [3.63, 3.8) is 0 Å². The van der Waals surface area contributed by atoms with E-state index >= 15 is 0 Å². The molecule has 1 aromatic heterocycles. The number of rotatable bonds is 3. The summed E-state index contributed by atoms with van der Waals surface area (Å²) in [4.78, 5) is 2.19. The molecule has 0 unspecified atom stereocenters. The van der Waals surface area contributed by atoms with Gasteiger partial charge in [-0.25, -0.2) is 0 Å². The average Bonchev–Trinajstić information content (AvgIpc) is 2.52. The van der Waals surface area contributed by atoms with Gasteiger partial charge in [0.25, 0.3) is 0 Å². The lowest BCUT2D eigenvalue weighted by Gasteiger charge is -2.39. The molecule has 4 nitrogen and oxygen atoms in total. The van der Waals surface area contributed by atoms with Crippen LogP contribution in [0.15, 0.2) is 6.20 Å². The molecule has 1 fully saturated rings. The van der Waals surface area contributed by atoms with Gasteiger partial charge in [-0.2, -0.15) is 10.4 Å². The first kappa shape index (κ1) is 10.0. The molecule has 1 aromatic rings. The van der Waals surface area contributed by atoms with E-state index in [0.717, 1.165) is 24.8 Å². The summed E-state index contributed by atoms with van der Waals surface area (Å²) in [5, 5.41) is 13.3. The highest BCUT2D eigenvalue weighted by Crippen LogP contribution is 2.28. The van der Waals surface area contributed by atoms with Gasteiger partial charge < -0.3 is 4.90 Å². The van der Waals surface area contributed by atoms with Crippen molar-refractivity contribution in [2.45, 2.75) is 19.8 Å². The van der Waals surface area contributed by atoms with Crippen LogP contribution in [0.4, 0.5) is 5.82 Å². The van der Waals surface area contributed by atoms with Gasteiger partial charge >= 0.3 is 0 Å². The summed E-state index contributed by atoms with van der Waals surface area (Å²) in [6.07, 6.45) is 4.31. The number of hydrogen-bond donors (Lipinski definition) is 0. The van der Waals surface area contributed by atoms with E-state index in [-0.39, 0.29) is 0 Å². The molecular weight excluding hydrogens is 188 g/mol. The fraction of sp³-hybridized carbons (Fsp3) is 0.636. The molecule has 15 heavy (non-hydrogen) atoms. The van der Waals surface area contributed by atoms with Gasteiger partial charge in [0.15, 0.2) is 5.82 Å². The topological polar surface area (TPSA) is 44.9 Å². The predicted octanol–water partition coefficient (Wildman–Crippen LogP) is 1.53. The maximum absolute atomic E-state index is 8.94. The minimum absolute atomic E-state index is 0.687. The second kappa shape index (κ2) is 3.93. The van der Waals surface area contributed by atoms with E-state index in [4.69, 9.17) is 5.26 Å². The smallest absolute Gasteiger partial charge is 0.168 e. The van der Waals surface area contributed by atoms with Gasteiger partial charge in [0.05, 0.1) is 0 Å². The number of nitriles is 1. The Labute approximate surface area is 90.1 Å². The Morgan fingerprint density at radius 2 is 2.33 bits per heavy atom. The summed E-state index contributed by atoms with van der Waals surface area (Å²) in [6.45, 7) is 4.32. The highest BCUT2D eigenvalue weighted by molar-refractivity contribution is 5.54. The zero-order chi connectivity index (χ0) is 10.8. The Morgan fingerprint density at radius 3 is 2.93 bits per heavy atom. The van der Waals surface area contributed by atoms with Crippen LogP contribution in [0.5, 0.6) is 0 Å². The summed E-state index contributed by atoms with van der Waals surface area (Å²) in [5.74, 6) is 1.65. The molecule has 1 aliphatic heterocycles. The van der Waals surface area contributed by atoms with E-state index in [1.165, 1.54) is 12.8 Å². The molecule has 0 aliphatic carbocycles. The van der Waals surface area contributed by atoms with Gasteiger partial charge in [0, 0.05) is 26.3 Å². The molecule has 0 N–H and O–H groups in total. The second-order valence-corrected chi connectivity index (χ2v) is 4.21. The predicted molar refractivity (Wildman–Crippen MR) is 58.5 cm³/mol. The van der Waals surface area contributed by atoms with E-state index in [0.29, 0.717) is 5.56 Å². The minimum atomic E-state index is 0.687. The summed E-state index contributed by atoms with van der Waals surface area (Å²) >= 11 is 0. The van der Waals surface area contributed by atoms with E-state index in [2.05, 4.69) is 23.0 Å². The van der Waals surface area contributed by atoms with Gasteiger partial charge in [-0.05, 0) is 12.3 Å². The monoisotopic (exact) mass is 204 g/mol. The molecule has 0 amide bonds. The van der Waals surface area contributed by atoms with Crippen LogP contribution in [-0.4, -0.2) is 22.9 Å². The molecule has 2 rings (SSSR count). The number of nitrogens with zero attached hydrogens (tertiary/aromatic N) is 4. The molecule has 0 spiro atoms. The highest BCUT2D eigenvalue weighted by Gasteiger charge is 2.29. The van der Waals surface area contributed by atoms with Crippen LogP contribution >= 0.6 is 0 Å². The molecule has 2 heterocycles. The fourth-order valence-electron chi connectivity index (χ4n) is 2.12. The summed E-state index contributed by atoms with van der Waals surface area (Å²) in [7, 11) is 1.85. The molecule has 0 radical (unpaired) electrons. The van der Waals surface area contributed by atoms with Crippen molar-refractivity contribution in [3.8, 4) is 6.07 Å². The van der Waals surface area contributed by atoms with Crippen molar-refractivity contribution in [2.24, 2.45) is 13.0 Å². The minimum Gasteiger partial charge on any atom is -0.353 e. The molecule has 0 atom stereocenters. The standard InChI is InChI=1S/C11H16N4/c1-3-4-9-6-15(7-9)11-10(5-12)8-14(2)13-11/h8-9H,3-4,6-7H2,1-2H3. The first-order valence-corrected chi connectivity index (χ1v) is 5.43. The van der Waals surface area contributed by atoms with Crippen LogP contribution < -0.4 is 4.90 Å². The van der Waals surface area contributed by atoms with Crippen molar-refractivity contribution >= 4 is 5.82 Å². The second-order valence-electron chi connectivity index (χ2n) is 4.21. The summed E-state index contributed by atoms with van der Waals surface area (Å²) in [5.41, 5.74) is 0.687. The molecular formula is C11H16N4. The van der Waals surface area contributed by atoms with Crippen LogP contribution in [-0.2, 0) is 7.05 Å². The maximum atomic E-state index is 8.94. The average molecular weight is 204 g/mol. The van der Waals surface area contributed by atoms with Gasteiger partial charge in [-0.1, -0.05) is 13.3 Å². The SMILES string of the molecule is CCCC1CN(c2nn(C)cc2C#N)C1. The third-order valence-corrected chi connectivity index (χ3v) is 2.88. The van der Waals surface area contributed by atoms with Gasteiger partial charge in [-0.15, -0.1) is 0 Å². The number of aryl methyl sites for hydroxylation is 1. The largest absolute Gasteiger partial charge is 0.353 e. The third kappa shape index (κ3) is 1.82. The number of hydrogen-bond acceptors (Lipinski definition) is 3. The summed E-state index contributed by atoms with van der Waals surface area (Å²) in [6, 6.07) is 2.19. The number of anilines is 1. The first-order valence-electron chi connectivity index (χ1n) is 5.43. The van der Waals surface area contributed by atoms with E-state index in [1.54, 1.807) is 10.9 Å². The van der Waals surface area contributed by atoms with Gasteiger partial charge in [-0.3, -0.25) is 4.68 Å². The van der Waals surface area contributed by atoms with Crippen LogP contribution in [0.3, 0.4) is 0 Å². The highest BCUT2D eigenvalue weighted by atomic mass is 15.4. The van der Waals surface area contributed by atoms with E-state index in [1.807, 2.05) is 7.05 Å². The number of aromatic nitrogens is 2. The van der Waals surface area contributed by atoms with Crippen LogP contribution in [0.1, 0.15) is 25.3 Å². The molecule has 80 valence electrons. The van der Waals surface area contributed by atoms with Crippen LogP contribution in [0.25, 0.3) is 0 Å². The van der Waals surface area contributed by atoms with Crippen molar-refractivity contribution < 1.29 is 0 Å². The molecule has 4 heteroatoms. The molecule has 0 bridgehead atoms. The lowest BCUT2D eigenvalue weighted by atomic mass is 9.95. The maximum Gasteiger partial charge on any atom is 0.168 e. The van der Waals surface area contributed by atoms with E-state index < -0.39 is 0 Å². The van der Waals surface area contributed by atoms with E-state index in [9.17, 15) is 0 Å². The van der Waals surface area contributed by atoms with Crippen LogP contribution in [0.2, 0.25) is 0 Å². The third-order valence-electron chi connectivity index (χ3n) is 2.88. The Kier molecular flexibility index (Phi) is 2.63. The Morgan fingerprint density at radius 1 is 1.60 bits per heavy atom. The normalized spacial score (nSPS) is 16.2. The zero-order valence-corrected chi connectivity index (χ0v) is 9.27. The Hall–Kier alpha value is -1.50. The molecule has 1 aliphatic rings. The zero-order valence-electron chi connectivity index (χ0n) is 9.27. The fourth-order valence-corrected chi connectivity index (χ4v) is 2.12. The Balaban J connectivity index is 2.03. The van der Waals surface area contributed by atoms with Crippen molar-refractivity contribution in [1.82, 2.24) is 9.78 Å². The van der Waals surface area contributed by atoms with Crippen molar-refractivity contribution in [2.75, 3.05) is 18.0 Å². The molecule has 0 aromatic carbocycles.